The third kappa shape index (κ3) is 4.32. The lowest BCUT2D eigenvalue weighted by atomic mass is 9.81. The SMILES string of the molecule is O=C(Nc1ccc2nc(NC3CCc4ccccc43)ccc2c1)NC1CC2CCCC(C1)N2C1CC1. The highest BCUT2D eigenvalue weighted by Gasteiger charge is 2.45. The van der Waals surface area contributed by atoms with Gasteiger partial charge in [-0.15, -0.1) is 0 Å². The first-order valence-corrected chi connectivity index (χ1v) is 13.8. The number of pyridine rings is 1. The number of carbonyl (C=O) groups excluding carboxylic acids is 1. The van der Waals surface area contributed by atoms with Gasteiger partial charge >= 0.3 is 6.03 Å². The molecule has 3 unspecified atom stereocenters. The fourth-order valence-corrected chi connectivity index (χ4v) is 7.03. The molecule has 6 nitrogen and oxygen atoms in total. The Morgan fingerprint density at radius 1 is 0.889 bits per heavy atom. The molecule has 3 fully saturated rings. The Kier molecular flexibility index (Phi) is 5.57. The molecule has 0 spiro atoms. The van der Waals surface area contributed by atoms with Crippen LogP contribution in [0.5, 0.6) is 0 Å². The number of anilines is 2. The average molecular weight is 482 g/mol. The Morgan fingerprint density at radius 3 is 2.56 bits per heavy atom. The minimum absolute atomic E-state index is 0.0940. The topological polar surface area (TPSA) is 69.3 Å². The molecular weight excluding hydrogens is 446 g/mol. The summed E-state index contributed by atoms with van der Waals surface area (Å²) in [6.07, 6.45) is 11.0. The first-order valence-electron chi connectivity index (χ1n) is 13.8. The van der Waals surface area contributed by atoms with Crippen LogP contribution in [0.4, 0.5) is 16.3 Å². The maximum absolute atomic E-state index is 12.9. The molecule has 7 rings (SSSR count). The number of hydrogen-bond acceptors (Lipinski definition) is 4. The summed E-state index contributed by atoms with van der Waals surface area (Å²) in [5, 5.41) is 11.0. The van der Waals surface area contributed by atoms with Gasteiger partial charge in [-0.1, -0.05) is 30.7 Å². The van der Waals surface area contributed by atoms with Crippen molar-refractivity contribution in [1.29, 1.82) is 0 Å². The van der Waals surface area contributed by atoms with E-state index in [1.54, 1.807) is 0 Å². The molecule has 3 aromatic rings. The third-order valence-electron chi connectivity index (χ3n) is 8.74. The van der Waals surface area contributed by atoms with E-state index in [9.17, 15) is 4.79 Å². The van der Waals surface area contributed by atoms with Crippen LogP contribution in [0.15, 0.2) is 54.6 Å². The van der Waals surface area contributed by atoms with E-state index in [4.69, 9.17) is 4.98 Å². The molecule has 186 valence electrons. The van der Waals surface area contributed by atoms with Crippen LogP contribution in [-0.4, -0.2) is 40.1 Å². The van der Waals surface area contributed by atoms with Gasteiger partial charge in [0.1, 0.15) is 5.82 Å². The van der Waals surface area contributed by atoms with Crippen molar-refractivity contribution in [3.63, 3.8) is 0 Å². The summed E-state index contributed by atoms with van der Waals surface area (Å²) in [4.78, 5) is 20.5. The van der Waals surface area contributed by atoms with Crippen LogP contribution in [0.25, 0.3) is 10.9 Å². The molecule has 3 atom stereocenters. The van der Waals surface area contributed by atoms with Crippen molar-refractivity contribution in [1.82, 2.24) is 15.2 Å². The minimum Gasteiger partial charge on any atom is -0.363 e. The zero-order valence-corrected chi connectivity index (χ0v) is 20.7. The summed E-state index contributed by atoms with van der Waals surface area (Å²) in [6, 6.07) is 21.4. The van der Waals surface area contributed by atoms with Crippen molar-refractivity contribution in [3.8, 4) is 0 Å². The molecule has 2 bridgehead atoms. The summed E-state index contributed by atoms with van der Waals surface area (Å²) >= 11 is 0. The van der Waals surface area contributed by atoms with E-state index in [2.05, 4.69) is 51.2 Å². The number of fused-ring (bicyclic) bond motifs is 4. The highest BCUT2D eigenvalue weighted by atomic mass is 16.2. The Bertz CT molecular complexity index is 1270. The van der Waals surface area contributed by atoms with Gasteiger partial charge in [-0.2, -0.15) is 0 Å². The van der Waals surface area contributed by atoms with Crippen LogP contribution >= 0.6 is 0 Å². The largest absolute Gasteiger partial charge is 0.363 e. The predicted octanol–water partition coefficient (Wildman–Crippen LogP) is 6.00. The molecule has 4 aliphatic rings. The maximum atomic E-state index is 12.9. The van der Waals surface area contributed by atoms with E-state index in [1.165, 1.54) is 43.2 Å². The molecule has 36 heavy (non-hydrogen) atoms. The number of hydrogen-bond donors (Lipinski definition) is 3. The first-order chi connectivity index (χ1) is 17.7. The van der Waals surface area contributed by atoms with Crippen molar-refractivity contribution in [2.75, 3.05) is 10.6 Å². The van der Waals surface area contributed by atoms with E-state index in [0.29, 0.717) is 18.1 Å². The number of piperidine rings is 2. The number of carbonyl (C=O) groups is 1. The second kappa shape index (κ2) is 9.07. The van der Waals surface area contributed by atoms with E-state index in [1.807, 2.05) is 24.3 Å². The fraction of sp³-hybridized carbons (Fsp3) is 0.467. The smallest absolute Gasteiger partial charge is 0.319 e. The molecule has 2 saturated heterocycles. The molecule has 0 radical (unpaired) electrons. The summed E-state index contributed by atoms with van der Waals surface area (Å²) in [7, 11) is 0. The molecule has 1 saturated carbocycles. The molecule has 1 aromatic heterocycles. The molecule has 3 N–H and O–H groups in total. The number of aryl methyl sites for hydroxylation is 1. The van der Waals surface area contributed by atoms with Gasteiger partial charge in [0.15, 0.2) is 0 Å². The molecule has 2 amide bonds. The van der Waals surface area contributed by atoms with Crippen LogP contribution in [0, 0.1) is 0 Å². The fourth-order valence-electron chi connectivity index (χ4n) is 7.03. The Hall–Kier alpha value is -3.12. The molecule has 2 aromatic carbocycles. The van der Waals surface area contributed by atoms with Gasteiger partial charge in [0.2, 0.25) is 0 Å². The van der Waals surface area contributed by atoms with Gasteiger partial charge in [-0.05, 0) is 92.8 Å². The van der Waals surface area contributed by atoms with Gasteiger partial charge in [0, 0.05) is 35.2 Å². The average Bonchev–Trinajstić information content (AvgIpc) is 3.64. The summed E-state index contributed by atoms with van der Waals surface area (Å²) < 4.78 is 0. The van der Waals surface area contributed by atoms with Crippen LogP contribution < -0.4 is 16.0 Å². The molecular formula is C30H35N5O. The predicted molar refractivity (Wildman–Crippen MR) is 144 cm³/mol. The van der Waals surface area contributed by atoms with Crippen molar-refractivity contribution < 1.29 is 4.79 Å². The van der Waals surface area contributed by atoms with Gasteiger partial charge in [-0.3, -0.25) is 4.90 Å². The summed E-state index contributed by atoms with van der Waals surface area (Å²) in [6.45, 7) is 0. The minimum atomic E-state index is -0.0940. The van der Waals surface area contributed by atoms with Crippen LogP contribution in [0.1, 0.15) is 68.5 Å². The van der Waals surface area contributed by atoms with Gasteiger partial charge < -0.3 is 16.0 Å². The van der Waals surface area contributed by atoms with E-state index < -0.39 is 0 Å². The lowest BCUT2D eigenvalue weighted by Crippen LogP contribution is -2.58. The Balaban J connectivity index is 0.986. The number of benzene rings is 2. The second-order valence-electron chi connectivity index (χ2n) is 11.2. The molecule has 2 aliphatic heterocycles. The van der Waals surface area contributed by atoms with Crippen LogP contribution in [0.2, 0.25) is 0 Å². The number of nitrogens with one attached hydrogen (secondary N) is 3. The van der Waals surface area contributed by atoms with Crippen molar-refractivity contribution in [2.45, 2.75) is 88.0 Å². The van der Waals surface area contributed by atoms with Crippen molar-refractivity contribution in [3.05, 3.63) is 65.7 Å². The van der Waals surface area contributed by atoms with E-state index >= 15 is 0 Å². The Morgan fingerprint density at radius 2 is 1.72 bits per heavy atom. The quantitative estimate of drug-likeness (QED) is 0.418. The molecule has 2 aliphatic carbocycles. The lowest BCUT2D eigenvalue weighted by Gasteiger charge is -2.49. The number of aromatic nitrogens is 1. The number of nitrogens with zero attached hydrogens (tertiary/aromatic N) is 2. The maximum Gasteiger partial charge on any atom is 0.319 e. The highest BCUT2D eigenvalue weighted by Crippen LogP contribution is 2.42. The van der Waals surface area contributed by atoms with E-state index in [-0.39, 0.29) is 12.1 Å². The van der Waals surface area contributed by atoms with Crippen molar-refractivity contribution in [2.24, 2.45) is 0 Å². The molecule has 6 heteroatoms. The van der Waals surface area contributed by atoms with E-state index in [0.717, 1.165) is 54.1 Å². The van der Waals surface area contributed by atoms with Gasteiger partial charge in [0.25, 0.3) is 0 Å². The normalized spacial score (nSPS) is 27.4. The molecule has 3 heterocycles. The zero-order valence-electron chi connectivity index (χ0n) is 20.7. The van der Waals surface area contributed by atoms with Gasteiger partial charge in [-0.25, -0.2) is 9.78 Å². The number of rotatable bonds is 5. The second-order valence-corrected chi connectivity index (χ2v) is 11.2. The summed E-state index contributed by atoms with van der Waals surface area (Å²) in [5.74, 6) is 0.894. The standard InChI is InChI=1S/C30H35N5O/c36-30(32-22-17-24-5-3-6-25(18-22)35(24)23-11-12-23)31-21-10-14-27-20(16-21)9-15-29(33-27)34-28-13-8-19-4-1-2-7-26(19)28/h1-2,4,7,9-10,14-16,22-25,28H,3,5-6,8,11-13,17-18H2,(H,33,34)(H2,31,32,36). The van der Waals surface area contributed by atoms with Crippen molar-refractivity contribution >= 4 is 28.4 Å². The monoisotopic (exact) mass is 481 g/mol. The third-order valence-corrected chi connectivity index (χ3v) is 8.74. The number of amides is 2. The lowest BCUT2D eigenvalue weighted by molar-refractivity contribution is 0.0198. The van der Waals surface area contributed by atoms with Crippen LogP contribution in [-0.2, 0) is 6.42 Å². The Labute approximate surface area is 212 Å². The number of urea groups is 1. The highest BCUT2D eigenvalue weighted by molar-refractivity contribution is 5.93. The summed E-state index contributed by atoms with van der Waals surface area (Å²) in [5.41, 5.74) is 4.55. The van der Waals surface area contributed by atoms with Gasteiger partial charge in [0.05, 0.1) is 11.6 Å². The zero-order chi connectivity index (χ0) is 24.1. The van der Waals surface area contributed by atoms with Crippen LogP contribution in [0.3, 0.4) is 0 Å². The first kappa shape index (κ1) is 22.1.